The average molecular weight is 295 g/mol. The van der Waals surface area contributed by atoms with Gasteiger partial charge in [0, 0.05) is 17.7 Å². The first-order valence-corrected chi connectivity index (χ1v) is 6.56. The standard InChI is InChI=1S/C17H13NO4/c1-12(19)16(17(20)14-7-3-2-4-8-14)11-13-6-5-9-15(10-13)18(21)22/h2-11H,1H3/b16-11+. The zero-order valence-corrected chi connectivity index (χ0v) is 11.9. The topological polar surface area (TPSA) is 77.3 Å². The Labute approximate surface area is 127 Å². The maximum Gasteiger partial charge on any atom is 0.270 e. The van der Waals surface area contributed by atoms with Gasteiger partial charge in [-0.05, 0) is 18.6 Å². The summed E-state index contributed by atoms with van der Waals surface area (Å²) in [6.07, 6.45) is 1.38. The zero-order valence-electron chi connectivity index (χ0n) is 11.9. The summed E-state index contributed by atoms with van der Waals surface area (Å²) in [6, 6.07) is 14.2. The van der Waals surface area contributed by atoms with Crippen molar-refractivity contribution in [2.24, 2.45) is 0 Å². The Balaban J connectivity index is 2.44. The Morgan fingerprint density at radius 2 is 1.73 bits per heavy atom. The third-order valence-electron chi connectivity index (χ3n) is 3.05. The summed E-state index contributed by atoms with van der Waals surface area (Å²) in [5.41, 5.74) is 0.730. The van der Waals surface area contributed by atoms with Crippen LogP contribution in [0, 0.1) is 10.1 Å². The van der Waals surface area contributed by atoms with E-state index in [2.05, 4.69) is 0 Å². The van der Waals surface area contributed by atoms with Gasteiger partial charge in [0.2, 0.25) is 0 Å². The fraction of sp³-hybridized carbons (Fsp3) is 0.0588. The third-order valence-corrected chi connectivity index (χ3v) is 3.05. The van der Waals surface area contributed by atoms with E-state index in [9.17, 15) is 19.7 Å². The van der Waals surface area contributed by atoms with Gasteiger partial charge in [-0.15, -0.1) is 0 Å². The second-order valence-corrected chi connectivity index (χ2v) is 4.66. The van der Waals surface area contributed by atoms with Crippen LogP contribution in [0.2, 0.25) is 0 Å². The normalized spacial score (nSPS) is 11.0. The molecule has 2 aromatic carbocycles. The van der Waals surface area contributed by atoms with Gasteiger partial charge in [0.05, 0.1) is 10.5 Å². The largest absolute Gasteiger partial charge is 0.294 e. The van der Waals surface area contributed by atoms with Crippen molar-refractivity contribution >= 4 is 23.3 Å². The van der Waals surface area contributed by atoms with Crippen LogP contribution in [0.15, 0.2) is 60.2 Å². The first-order chi connectivity index (χ1) is 10.5. The van der Waals surface area contributed by atoms with Crippen LogP contribution < -0.4 is 0 Å². The summed E-state index contributed by atoms with van der Waals surface area (Å²) in [6.45, 7) is 1.30. The number of nitro benzene ring substituents is 1. The molecular formula is C17H13NO4. The first-order valence-electron chi connectivity index (χ1n) is 6.56. The molecule has 0 aliphatic carbocycles. The number of carbonyl (C=O) groups excluding carboxylic acids is 2. The van der Waals surface area contributed by atoms with E-state index in [1.165, 1.54) is 31.2 Å². The number of allylic oxidation sites excluding steroid dienone is 1. The SMILES string of the molecule is CC(=O)/C(=C\c1cccc([N+](=O)[O-])c1)C(=O)c1ccccc1. The highest BCUT2D eigenvalue weighted by Crippen LogP contribution is 2.18. The lowest BCUT2D eigenvalue weighted by Crippen LogP contribution is -2.10. The number of rotatable bonds is 5. The van der Waals surface area contributed by atoms with Crippen LogP contribution in [0.25, 0.3) is 6.08 Å². The lowest BCUT2D eigenvalue weighted by molar-refractivity contribution is -0.384. The maximum atomic E-state index is 12.4. The Morgan fingerprint density at radius 3 is 2.32 bits per heavy atom. The van der Waals surface area contributed by atoms with Crippen LogP contribution in [0.3, 0.4) is 0 Å². The molecule has 0 saturated carbocycles. The monoisotopic (exact) mass is 295 g/mol. The van der Waals surface area contributed by atoms with Crippen LogP contribution in [0.5, 0.6) is 0 Å². The molecule has 0 bridgehead atoms. The van der Waals surface area contributed by atoms with Crippen LogP contribution >= 0.6 is 0 Å². The smallest absolute Gasteiger partial charge is 0.270 e. The Bertz CT molecular complexity index is 763. The van der Waals surface area contributed by atoms with Crippen molar-refractivity contribution in [3.63, 3.8) is 0 Å². The number of non-ortho nitro benzene ring substituents is 1. The molecule has 0 N–H and O–H groups in total. The van der Waals surface area contributed by atoms with E-state index in [0.717, 1.165) is 0 Å². The minimum Gasteiger partial charge on any atom is -0.294 e. The van der Waals surface area contributed by atoms with Gasteiger partial charge < -0.3 is 0 Å². The molecule has 0 aromatic heterocycles. The summed E-state index contributed by atoms with van der Waals surface area (Å²) in [7, 11) is 0. The summed E-state index contributed by atoms with van der Waals surface area (Å²) < 4.78 is 0. The molecule has 22 heavy (non-hydrogen) atoms. The van der Waals surface area contributed by atoms with Gasteiger partial charge >= 0.3 is 0 Å². The molecular weight excluding hydrogens is 282 g/mol. The van der Waals surface area contributed by atoms with E-state index in [4.69, 9.17) is 0 Å². The number of nitro groups is 1. The molecule has 0 heterocycles. The zero-order chi connectivity index (χ0) is 16.1. The molecule has 0 saturated heterocycles. The van der Waals surface area contributed by atoms with Crippen molar-refractivity contribution in [2.75, 3.05) is 0 Å². The fourth-order valence-electron chi connectivity index (χ4n) is 1.97. The molecule has 2 aromatic rings. The Morgan fingerprint density at radius 1 is 1.05 bits per heavy atom. The maximum absolute atomic E-state index is 12.4. The highest BCUT2D eigenvalue weighted by Gasteiger charge is 2.16. The molecule has 0 radical (unpaired) electrons. The minimum atomic E-state index is -0.524. The number of benzene rings is 2. The second-order valence-electron chi connectivity index (χ2n) is 4.66. The van der Waals surface area contributed by atoms with Crippen molar-refractivity contribution in [3.8, 4) is 0 Å². The van der Waals surface area contributed by atoms with Gasteiger partial charge in [-0.25, -0.2) is 0 Å². The van der Waals surface area contributed by atoms with E-state index >= 15 is 0 Å². The van der Waals surface area contributed by atoms with Gasteiger partial charge in [0.15, 0.2) is 11.6 Å². The van der Waals surface area contributed by atoms with Gasteiger partial charge in [0.25, 0.3) is 5.69 Å². The van der Waals surface area contributed by atoms with Crippen molar-refractivity contribution in [1.82, 2.24) is 0 Å². The second kappa shape index (κ2) is 6.58. The number of carbonyl (C=O) groups is 2. The predicted octanol–water partition coefficient (Wildman–Crippen LogP) is 3.45. The van der Waals surface area contributed by atoms with E-state index in [1.807, 2.05) is 0 Å². The van der Waals surface area contributed by atoms with Gasteiger partial charge in [-0.1, -0.05) is 42.5 Å². The number of Topliss-reactive ketones (excluding diaryl/α,β-unsaturated/α-hetero) is 2. The molecule has 110 valence electrons. The number of hydrogen-bond acceptors (Lipinski definition) is 4. The summed E-state index contributed by atoms with van der Waals surface area (Å²) in [4.78, 5) is 34.4. The number of hydrogen-bond donors (Lipinski definition) is 0. The van der Waals surface area contributed by atoms with Gasteiger partial charge in [-0.2, -0.15) is 0 Å². The fourth-order valence-corrected chi connectivity index (χ4v) is 1.97. The number of ketones is 2. The molecule has 5 nitrogen and oxygen atoms in total. The minimum absolute atomic E-state index is 0.00769. The quantitative estimate of drug-likeness (QED) is 0.211. The van der Waals surface area contributed by atoms with Crippen LogP contribution in [0.4, 0.5) is 5.69 Å². The van der Waals surface area contributed by atoms with Crippen molar-refractivity contribution in [2.45, 2.75) is 6.92 Å². The van der Waals surface area contributed by atoms with E-state index in [-0.39, 0.29) is 17.0 Å². The van der Waals surface area contributed by atoms with Gasteiger partial charge in [0.1, 0.15) is 0 Å². The van der Waals surface area contributed by atoms with E-state index in [0.29, 0.717) is 11.1 Å². The predicted molar refractivity (Wildman–Crippen MR) is 82.5 cm³/mol. The summed E-state index contributed by atoms with van der Waals surface area (Å²) in [5, 5.41) is 10.8. The summed E-state index contributed by atoms with van der Waals surface area (Å²) >= 11 is 0. The molecule has 0 aliphatic rings. The summed E-state index contributed by atoms with van der Waals surface area (Å²) in [5.74, 6) is -0.792. The van der Waals surface area contributed by atoms with Crippen LogP contribution in [0.1, 0.15) is 22.8 Å². The lowest BCUT2D eigenvalue weighted by atomic mass is 9.98. The van der Waals surface area contributed by atoms with Crippen molar-refractivity contribution in [1.29, 1.82) is 0 Å². The highest BCUT2D eigenvalue weighted by atomic mass is 16.6. The number of nitrogens with zero attached hydrogens (tertiary/aromatic N) is 1. The van der Waals surface area contributed by atoms with E-state index < -0.39 is 10.7 Å². The Kier molecular flexibility index (Phi) is 4.58. The van der Waals surface area contributed by atoms with E-state index in [1.54, 1.807) is 36.4 Å². The molecule has 0 amide bonds. The average Bonchev–Trinajstić information content (AvgIpc) is 2.53. The molecule has 0 aliphatic heterocycles. The lowest BCUT2D eigenvalue weighted by Gasteiger charge is -2.04. The molecule has 0 unspecified atom stereocenters. The molecule has 5 heteroatoms. The third kappa shape index (κ3) is 3.52. The van der Waals surface area contributed by atoms with Crippen molar-refractivity contribution in [3.05, 3.63) is 81.4 Å². The van der Waals surface area contributed by atoms with Crippen LogP contribution in [-0.2, 0) is 4.79 Å². The molecule has 0 fully saturated rings. The molecule has 0 atom stereocenters. The Hall–Kier alpha value is -3.08. The van der Waals surface area contributed by atoms with Crippen LogP contribution in [-0.4, -0.2) is 16.5 Å². The first kappa shape index (κ1) is 15.3. The molecule has 2 rings (SSSR count). The van der Waals surface area contributed by atoms with Crippen molar-refractivity contribution < 1.29 is 14.5 Å². The van der Waals surface area contributed by atoms with Gasteiger partial charge in [-0.3, -0.25) is 19.7 Å². The molecule has 0 spiro atoms. The highest BCUT2D eigenvalue weighted by molar-refractivity contribution is 6.28.